The highest BCUT2D eigenvalue weighted by Gasteiger charge is 1.94. The van der Waals surface area contributed by atoms with Crippen LogP contribution in [-0.4, -0.2) is 4.98 Å². The van der Waals surface area contributed by atoms with Crippen LogP contribution in [0.15, 0.2) is 21.4 Å². The quantitative estimate of drug-likeness (QED) is 0.680. The molecule has 0 radical (unpaired) electrons. The predicted octanol–water partition coefficient (Wildman–Crippen LogP) is 1.01. The van der Waals surface area contributed by atoms with Gasteiger partial charge < -0.3 is 4.98 Å². The number of nitriles is 1. The highest BCUT2D eigenvalue weighted by molar-refractivity contribution is 9.10. The van der Waals surface area contributed by atoms with Gasteiger partial charge in [-0.05, 0) is 28.0 Å². The third-order valence-corrected chi connectivity index (χ3v) is 1.41. The molecular weight excluding hydrogens is 196 g/mol. The predicted molar refractivity (Wildman–Crippen MR) is 39.5 cm³/mol. The van der Waals surface area contributed by atoms with E-state index in [0.717, 1.165) is 0 Å². The number of nitrogens with zero attached hydrogens (tertiary/aromatic N) is 1. The Morgan fingerprint density at radius 2 is 2.50 bits per heavy atom. The average Bonchev–Trinajstić information content (AvgIpc) is 2.08. The Hall–Kier alpha value is -1.08. The number of nitrogens with one attached hydrogen (secondary N) is 1. The molecule has 1 aromatic rings. The zero-order chi connectivity index (χ0) is 9.30. The smallest absolute Gasteiger partial charge is 0.263 e. The van der Waals surface area contributed by atoms with Crippen molar-refractivity contribution in [1.82, 2.24) is 4.98 Å². The zero-order valence-corrected chi connectivity index (χ0v) is 6.32. The number of hydrogen-bond acceptors (Lipinski definition) is 2. The van der Waals surface area contributed by atoms with E-state index in [-0.39, 0.29) is 22.3 Å². The first-order valence-electron chi connectivity index (χ1n) is 3.37. The Morgan fingerprint density at radius 1 is 1.80 bits per heavy atom. The first-order valence-corrected chi connectivity index (χ1v) is 3.16. The van der Waals surface area contributed by atoms with Crippen LogP contribution in [0.2, 0.25) is 0 Å². The minimum absolute atomic E-state index is 0.0218. The summed E-state index contributed by atoms with van der Waals surface area (Å²) in [5.41, 5.74) is -0.749. The maximum atomic E-state index is 10.9. The van der Waals surface area contributed by atoms with Crippen molar-refractivity contribution in [3.05, 3.63) is 32.6 Å². The maximum absolute atomic E-state index is 10.9. The Labute approximate surface area is 68.2 Å². The third kappa shape index (κ3) is 1.25. The fraction of sp³-hybridized carbons (Fsp3) is 0. The van der Waals surface area contributed by atoms with E-state index in [1.54, 1.807) is 6.07 Å². The van der Waals surface area contributed by atoms with Crippen molar-refractivity contribution in [3.63, 3.8) is 0 Å². The molecule has 10 heavy (non-hydrogen) atoms. The third-order valence-electron chi connectivity index (χ3n) is 0.847. The van der Waals surface area contributed by atoms with E-state index in [4.69, 9.17) is 8.00 Å². The van der Waals surface area contributed by atoms with Gasteiger partial charge in [0.2, 0.25) is 0 Å². The van der Waals surface area contributed by atoms with Crippen molar-refractivity contribution in [3.8, 4) is 6.07 Å². The molecule has 0 amide bonds. The van der Waals surface area contributed by atoms with Crippen LogP contribution in [-0.2, 0) is 0 Å². The number of H-pyrrole nitrogens is 1. The van der Waals surface area contributed by atoms with Crippen molar-refractivity contribution in [2.24, 2.45) is 0 Å². The first kappa shape index (κ1) is 4.69. The Kier molecular flexibility index (Phi) is 1.25. The molecule has 0 spiro atoms. The lowest BCUT2D eigenvalue weighted by atomic mass is 10.4. The SMILES string of the molecule is [2H]c1c(C#N)[nH]c(=O)c(Br)c1[2H]. The van der Waals surface area contributed by atoms with Crippen LogP contribution in [0, 0.1) is 11.3 Å². The Bertz CT molecular complexity index is 421. The summed E-state index contributed by atoms with van der Waals surface area (Å²) in [7, 11) is 0. The molecule has 0 fully saturated rings. The van der Waals surface area contributed by atoms with E-state index >= 15 is 0 Å². The van der Waals surface area contributed by atoms with Gasteiger partial charge in [-0.25, -0.2) is 0 Å². The molecule has 1 rings (SSSR count). The first-order chi connectivity index (χ1) is 5.57. The largest absolute Gasteiger partial charge is 0.313 e. The molecule has 0 aliphatic carbocycles. The molecule has 0 aromatic carbocycles. The Morgan fingerprint density at radius 3 is 3.10 bits per heavy atom. The standard InChI is InChI=1S/C6H3BrN2O/c7-5-2-1-4(3-8)9-6(5)10/h1-2H,(H,9,10)/i1D,2D. The van der Waals surface area contributed by atoms with E-state index in [1.165, 1.54) is 0 Å². The zero-order valence-electron chi connectivity index (χ0n) is 6.73. The molecule has 0 unspecified atom stereocenters. The van der Waals surface area contributed by atoms with E-state index < -0.39 is 5.56 Å². The summed E-state index contributed by atoms with van der Waals surface area (Å²) in [6.07, 6.45) is 0. The second-order valence-electron chi connectivity index (χ2n) is 1.50. The fourth-order valence-corrected chi connectivity index (χ4v) is 0.628. The van der Waals surface area contributed by atoms with Gasteiger partial charge in [0.05, 0.1) is 7.21 Å². The second-order valence-corrected chi connectivity index (χ2v) is 2.30. The molecule has 0 atom stereocenters. The average molecular weight is 201 g/mol. The fourth-order valence-electron chi connectivity index (χ4n) is 0.430. The normalized spacial score (nSPS) is 11.6. The summed E-state index contributed by atoms with van der Waals surface area (Å²) >= 11 is 2.83. The van der Waals surface area contributed by atoms with Crippen LogP contribution < -0.4 is 5.56 Å². The molecule has 3 nitrogen and oxygen atoms in total. The van der Waals surface area contributed by atoms with Gasteiger partial charge in [-0.2, -0.15) is 5.26 Å². The molecule has 0 bridgehead atoms. The number of hydrogen-bond donors (Lipinski definition) is 1. The lowest BCUT2D eigenvalue weighted by molar-refractivity contribution is 1.18. The van der Waals surface area contributed by atoms with Crippen molar-refractivity contribution in [2.45, 2.75) is 0 Å². The summed E-state index contributed by atoms with van der Waals surface area (Å²) in [4.78, 5) is 13.1. The summed E-state index contributed by atoms with van der Waals surface area (Å²) in [6.45, 7) is 0. The summed E-state index contributed by atoms with van der Waals surface area (Å²) in [5.74, 6) is 0. The molecule has 0 saturated heterocycles. The molecule has 1 aromatic heterocycles. The lowest BCUT2D eigenvalue weighted by Gasteiger charge is -1.87. The number of aromatic nitrogens is 1. The van der Waals surface area contributed by atoms with Gasteiger partial charge in [0.1, 0.15) is 11.8 Å². The van der Waals surface area contributed by atoms with Crippen molar-refractivity contribution in [1.29, 1.82) is 5.26 Å². The van der Waals surface area contributed by atoms with Crippen LogP contribution in [0.1, 0.15) is 8.44 Å². The van der Waals surface area contributed by atoms with Gasteiger partial charge in [-0.3, -0.25) is 4.79 Å². The van der Waals surface area contributed by atoms with Crippen LogP contribution in [0.5, 0.6) is 0 Å². The van der Waals surface area contributed by atoms with Crippen LogP contribution in [0.3, 0.4) is 0 Å². The summed E-state index contributed by atoms with van der Waals surface area (Å²) < 4.78 is 14.4. The number of rotatable bonds is 0. The lowest BCUT2D eigenvalue weighted by Crippen LogP contribution is -2.06. The van der Waals surface area contributed by atoms with Crippen molar-refractivity contribution >= 4 is 15.9 Å². The van der Waals surface area contributed by atoms with Gasteiger partial charge in [0.15, 0.2) is 0 Å². The van der Waals surface area contributed by atoms with E-state index in [2.05, 4.69) is 20.9 Å². The molecule has 0 aliphatic heterocycles. The van der Waals surface area contributed by atoms with Crippen LogP contribution in [0.4, 0.5) is 0 Å². The molecule has 0 saturated carbocycles. The summed E-state index contributed by atoms with van der Waals surface area (Å²) in [6, 6.07) is 1.08. The molecular formula is C6H3BrN2O. The Balaban J connectivity index is 3.64. The highest BCUT2D eigenvalue weighted by Crippen LogP contribution is 2.00. The van der Waals surface area contributed by atoms with Crippen LogP contribution >= 0.6 is 15.9 Å². The van der Waals surface area contributed by atoms with E-state index in [1.807, 2.05) is 0 Å². The minimum Gasteiger partial charge on any atom is -0.313 e. The van der Waals surface area contributed by atoms with E-state index in [0.29, 0.717) is 0 Å². The second kappa shape index (κ2) is 2.67. The number of pyridine rings is 1. The minimum atomic E-state index is -0.562. The van der Waals surface area contributed by atoms with Crippen molar-refractivity contribution in [2.75, 3.05) is 0 Å². The van der Waals surface area contributed by atoms with Gasteiger partial charge in [-0.15, -0.1) is 0 Å². The number of halogens is 1. The van der Waals surface area contributed by atoms with Gasteiger partial charge in [0.25, 0.3) is 5.56 Å². The number of aromatic amines is 1. The van der Waals surface area contributed by atoms with Gasteiger partial charge in [-0.1, -0.05) is 0 Å². The van der Waals surface area contributed by atoms with E-state index in [9.17, 15) is 4.79 Å². The summed E-state index contributed by atoms with van der Waals surface area (Å²) in [5, 5.41) is 8.42. The van der Waals surface area contributed by atoms with Crippen LogP contribution in [0.25, 0.3) is 0 Å². The highest BCUT2D eigenvalue weighted by atomic mass is 79.9. The van der Waals surface area contributed by atoms with Crippen molar-refractivity contribution < 1.29 is 2.74 Å². The molecule has 4 heteroatoms. The molecule has 1 heterocycles. The molecule has 1 N–H and O–H groups in total. The monoisotopic (exact) mass is 200 g/mol. The molecule has 0 aliphatic rings. The maximum Gasteiger partial charge on any atom is 0.263 e. The van der Waals surface area contributed by atoms with Gasteiger partial charge in [0, 0.05) is 0 Å². The van der Waals surface area contributed by atoms with Gasteiger partial charge >= 0.3 is 0 Å². The topological polar surface area (TPSA) is 56.6 Å². The molecule has 50 valence electrons.